The van der Waals surface area contributed by atoms with Gasteiger partial charge in [0.05, 0.1) is 10.5 Å². The van der Waals surface area contributed by atoms with Crippen LogP contribution in [0.3, 0.4) is 0 Å². The lowest BCUT2D eigenvalue weighted by Crippen LogP contribution is -2.08. The molecular formula is C12H20O2S2. The highest BCUT2D eigenvalue weighted by atomic mass is 32.2. The topological polar surface area (TPSA) is 34.1 Å². The average Bonchev–Trinajstić information content (AvgIpc) is 2.21. The van der Waals surface area contributed by atoms with Crippen LogP contribution >= 0.6 is 23.5 Å². The van der Waals surface area contributed by atoms with E-state index in [0.717, 1.165) is 11.5 Å². The highest BCUT2D eigenvalue weighted by molar-refractivity contribution is 8.01. The third kappa shape index (κ3) is 7.99. The summed E-state index contributed by atoms with van der Waals surface area (Å²) in [5.41, 5.74) is 0. The summed E-state index contributed by atoms with van der Waals surface area (Å²) in [6.07, 6.45) is 4.12. The van der Waals surface area contributed by atoms with Crippen LogP contribution in [0.1, 0.15) is 27.7 Å². The SMILES string of the molecule is CC(=O)C(C)SCC=CCSC(C)C(C)=O. The van der Waals surface area contributed by atoms with Gasteiger partial charge in [-0.1, -0.05) is 12.2 Å². The second kappa shape index (κ2) is 8.88. The molecule has 0 bridgehead atoms. The highest BCUT2D eigenvalue weighted by Crippen LogP contribution is 2.13. The maximum atomic E-state index is 10.9. The highest BCUT2D eigenvalue weighted by Gasteiger charge is 2.06. The lowest BCUT2D eigenvalue weighted by molar-refractivity contribution is -0.117. The molecule has 0 fully saturated rings. The van der Waals surface area contributed by atoms with Gasteiger partial charge >= 0.3 is 0 Å². The smallest absolute Gasteiger partial charge is 0.142 e. The average molecular weight is 260 g/mol. The van der Waals surface area contributed by atoms with Gasteiger partial charge in [-0.15, -0.1) is 23.5 Å². The van der Waals surface area contributed by atoms with Gasteiger partial charge in [0.15, 0.2) is 0 Å². The van der Waals surface area contributed by atoms with E-state index in [9.17, 15) is 9.59 Å². The van der Waals surface area contributed by atoms with Crippen molar-refractivity contribution < 1.29 is 9.59 Å². The molecule has 0 rings (SSSR count). The molecule has 0 radical (unpaired) electrons. The number of ketones is 2. The number of rotatable bonds is 8. The molecule has 0 spiro atoms. The van der Waals surface area contributed by atoms with Crippen LogP contribution in [0.15, 0.2) is 12.2 Å². The van der Waals surface area contributed by atoms with E-state index >= 15 is 0 Å². The molecule has 0 aromatic rings. The van der Waals surface area contributed by atoms with Crippen molar-refractivity contribution in [2.45, 2.75) is 38.2 Å². The Morgan fingerprint density at radius 3 is 1.50 bits per heavy atom. The van der Waals surface area contributed by atoms with Crippen molar-refractivity contribution in [3.8, 4) is 0 Å². The minimum Gasteiger partial charge on any atom is -0.299 e. The van der Waals surface area contributed by atoms with E-state index in [2.05, 4.69) is 12.2 Å². The summed E-state index contributed by atoms with van der Waals surface area (Å²) < 4.78 is 0. The lowest BCUT2D eigenvalue weighted by Gasteiger charge is -2.05. The second-order valence-electron chi connectivity index (χ2n) is 3.64. The van der Waals surface area contributed by atoms with Crippen molar-refractivity contribution >= 4 is 35.1 Å². The van der Waals surface area contributed by atoms with Crippen molar-refractivity contribution in [1.29, 1.82) is 0 Å². The number of Topliss-reactive ketones (excluding diaryl/α,β-unsaturated/α-hetero) is 2. The summed E-state index contributed by atoms with van der Waals surface area (Å²) in [7, 11) is 0. The number of hydrogen-bond acceptors (Lipinski definition) is 4. The molecule has 0 N–H and O–H groups in total. The zero-order chi connectivity index (χ0) is 12.6. The third-order valence-electron chi connectivity index (χ3n) is 2.20. The van der Waals surface area contributed by atoms with Crippen LogP contribution in [-0.4, -0.2) is 33.6 Å². The summed E-state index contributed by atoms with van der Waals surface area (Å²) in [4.78, 5) is 21.9. The zero-order valence-corrected chi connectivity index (χ0v) is 12.0. The molecule has 0 heterocycles. The Bertz CT molecular complexity index is 236. The van der Waals surface area contributed by atoms with Crippen molar-refractivity contribution in [2.24, 2.45) is 0 Å². The molecular weight excluding hydrogens is 240 g/mol. The summed E-state index contributed by atoms with van der Waals surface area (Å²) in [5.74, 6) is 2.15. The summed E-state index contributed by atoms with van der Waals surface area (Å²) >= 11 is 3.27. The second-order valence-corrected chi connectivity index (χ2v) is 6.39. The maximum Gasteiger partial charge on any atom is 0.142 e. The van der Waals surface area contributed by atoms with Gasteiger partial charge in [-0.2, -0.15) is 0 Å². The largest absolute Gasteiger partial charge is 0.299 e. The van der Waals surface area contributed by atoms with Gasteiger partial charge in [0.1, 0.15) is 11.6 Å². The monoisotopic (exact) mass is 260 g/mol. The Balaban J connectivity index is 3.56. The van der Waals surface area contributed by atoms with E-state index in [1.54, 1.807) is 37.4 Å². The predicted octanol–water partition coefficient (Wildman–Crippen LogP) is 2.96. The van der Waals surface area contributed by atoms with Gasteiger partial charge in [0, 0.05) is 11.5 Å². The minimum absolute atomic E-state index is 0.0773. The molecule has 4 heteroatoms. The van der Waals surface area contributed by atoms with Gasteiger partial charge in [-0.3, -0.25) is 9.59 Å². The Morgan fingerprint density at radius 1 is 0.938 bits per heavy atom. The first kappa shape index (κ1) is 15.8. The molecule has 16 heavy (non-hydrogen) atoms. The fourth-order valence-corrected chi connectivity index (χ4v) is 2.31. The molecule has 2 atom stereocenters. The van der Waals surface area contributed by atoms with Gasteiger partial charge in [-0.25, -0.2) is 0 Å². The van der Waals surface area contributed by atoms with Crippen LogP contribution in [0.5, 0.6) is 0 Å². The molecule has 2 unspecified atom stereocenters. The van der Waals surface area contributed by atoms with Crippen molar-refractivity contribution in [3.63, 3.8) is 0 Å². The van der Waals surface area contributed by atoms with Crippen molar-refractivity contribution in [3.05, 3.63) is 12.2 Å². The molecule has 0 saturated carbocycles. The summed E-state index contributed by atoms with van der Waals surface area (Å²) in [6.45, 7) is 7.08. The number of carbonyl (C=O) groups excluding carboxylic acids is 2. The first-order valence-corrected chi connectivity index (χ1v) is 7.44. The number of carbonyl (C=O) groups is 2. The standard InChI is InChI=1S/C12H20O2S2/c1-9(13)11(3)15-7-5-6-8-16-12(4)10(2)14/h5-6,11-12H,7-8H2,1-4H3. The Hall–Kier alpha value is -0.220. The van der Waals surface area contributed by atoms with Gasteiger partial charge in [0.25, 0.3) is 0 Å². The fourth-order valence-electron chi connectivity index (χ4n) is 0.771. The van der Waals surface area contributed by atoms with E-state index in [0.29, 0.717) is 0 Å². The van der Waals surface area contributed by atoms with Crippen LogP contribution in [0.2, 0.25) is 0 Å². The first-order valence-electron chi connectivity index (χ1n) is 5.34. The van der Waals surface area contributed by atoms with Crippen molar-refractivity contribution in [1.82, 2.24) is 0 Å². The fraction of sp³-hybridized carbons (Fsp3) is 0.667. The van der Waals surface area contributed by atoms with Crippen molar-refractivity contribution in [2.75, 3.05) is 11.5 Å². The number of thioether (sulfide) groups is 2. The molecule has 92 valence electrons. The van der Waals surface area contributed by atoms with Crippen LogP contribution in [0, 0.1) is 0 Å². The first-order chi connectivity index (χ1) is 7.45. The Kier molecular flexibility index (Phi) is 8.76. The van der Waals surface area contributed by atoms with E-state index in [4.69, 9.17) is 0 Å². The van der Waals surface area contributed by atoms with Crippen LogP contribution in [0.4, 0.5) is 0 Å². The van der Waals surface area contributed by atoms with Crippen LogP contribution in [-0.2, 0) is 9.59 Å². The summed E-state index contributed by atoms with van der Waals surface area (Å²) in [5, 5.41) is 0.155. The quantitative estimate of drug-likeness (QED) is 0.628. The molecule has 0 saturated heterocycles. The molecule has 0 aromatic heterocycles. The lowest BCUT2D eigenvalue weighted by atomic mass is 10.3. The predicted molar refractivity (Wildman–Crippen MR) is 74.3 cm³/mol. The maximum absolute atomic E-state index is 10.9. The van der Waals surface area contributed by atoms with Gasteiger partial charge in [0.2, 0.25) is 0 Å². The van der Waals surface area contributed by atoms with E-state index in [1.165, 1.54) is 0 Å². The van der Waals surface area contributed by atoms with E-state index in [1.807, 2.05) is 13.8 Å². The van der Waals surface area contributed by atoms with E-state index < -0.39 is 0 Å². The van der Waals surface area contributed by atoms with Gasteiger partial charge in [-0.05, 0) is 27.7 Å². The van der Waals surface area contributed by atoms with Crippen LogP contribution in [0.25, 0.3) is 0 Å². The molecule has 0 aliphatic carbocycles. The molecule has 2 nitrogen and oxygen atoms in total. The summed E-state index contributed by atoms with van der Waals surface area (Å²) in [6, 6.07) is 0. The molecule has 0 aromatic carbocycles. The van der Waals surface area contributed by atoms with Crippen LogP contribution < -0.4 is 0 Å². The Morgan fingerprint density at radius 2 is 1.25 bits per heavy atom. The molecule has 0 amide bonds. The third-order valence-corrected chi connectivity index (χ3v) is 4.63. The molecule has 0 aliphatic heterocycles. The Labute approximate surface area is 107 Å². The normalized spacial score (nSPS) is 15.0. The number of hydrogen-bond donors (Lipinski definition) is 0. The molecule has 0 aliphatic rings. The van der Waals surface area contributed by atoms with E-state index in [-0.39, 0.29) is 22.1 Å². The minimum atomic E-state index is 0.0773. The zero-order valence-electron chi connectivity index (χ0n) is 10.4. The van der Waals surface area contributed by atoms with Gasteiger partial charge < -0.3 is 0 Å².